The van der Waals surface area contributed by atoms with Gasteiger partial charge in [-0.05, 0) is 118 Å². The van der Waals surface area contributed by atoms with Crippen LogP contribution in [0.1, 0.15) is 149 Å². The lowest BCUT2D eigenvalue weighted by Crippen LogP contribution is -2.29. The lowest BCUT2D eigenvalue weighted by Gasteiger charge is -2.32. The van der Waals surface area contributed by atoms with Crippen molar-refractivity contribution >= 4 is 9.24 Å². The Morgan fingerprint density at radius 2 is 1.38 bits per heavy atom. The number of benzene rings is 2. The number of allylic oxidation sites excluding steroid dienone is 3. The molecule has 1 unspecified atom stereocenters. The van der Waals surface area contributed by atoms with Gasteiger partial charge in [0.15, 0.2) is 0 Å². The van der Waals surface area contributed by atoms with E-state index >= 15 is 0 Å². The fourth-order valence-corrected chi connectivity index (χ4v) is 6.37. The molecule has 0 amide bonds. The van der Waals surface area contributed by atoms with E-state index in [0.29, 0.717) is 0 Å². The molecule has 0 bridgehead atoms. The van der Waals surface area contributed by atoms with Crippen LogP contribution in [-0.2, 0) is 25.8 Å². The lowest BCUT2D eigenvalue weighted by molar-refractivity contribution is 0.308. The Morgan fingerprint density at radius 3 is 1.83 bits per heavy atom. The zero-order valence-electron chi connectivity index (χ0n) is 33.8. The standard InChI is InChI=1S/C16H23N.C12H23P.C9H12.3C2H6.C2H4/c1-5-6-15-13(4)7-8-14-9-10-17(12(2)3)11-16(14)15;1-9(2)8-11-4-6-12(7-5-11)10(3)13;1-2-6-9-7-4-3-5-8-9;4*1-2/h7-8H,2,5-6,9-11H2,1,3-4H3;8,10-12H,4-7,13H2,1-3H3;3-5,7-8H,2,6H2,1H3;3*1-2H3;1-2H2/t;10-,11?,12?;;;;;/m.1...../s1. The highest BCUT2D eigenvalue weighted by Gasteiger charge is 2.22. The molecule has 1 aliphatic heterocycles. The van der Waals surface area contributed by atoms with Crippen molar-refractivity contribution in [3.05, 3.63) is 107 Å². The van der Waals surface area contributed by atoms with Crippen LogP contribution in [0.3, 0.4) is 0 Å². The second-order valence-corrected chi connectivity index (χ2v) is 13.2. The molecule has 1 nitrogen and oxygen atoms in total. The summed E-state index contributed by atoms with van der Waals surface area (Å²) in [5.74, 6) is 1.84. The van der Waals surface area contributed by atoms with Gasteiger partial charge in [0.1, 0.15) is 0 Å². The molecule has 1 aliphatic carbocycles. The molecule has 1 saturated carbocycles. The first kappa shape index (κ1) is 49.3. The van der Waals surface area contributed by atoms with E-state index < -0.39 is 0 Å². The van der Waals surface area contributed by atoms with Crippen LogP contribution in [0.5, 0.6) is 0 Å². The van der Waals surface area contributed by atoms with Gasteiger partial charge in [-0.15, -0.1) is 22.4 Å². The van der Waals surface area contributed by atoms with Crippen LogP contribution in [0, 0.1) is 18.8 Å². The number of hydrogen-bond donors (Lipinski definition) is 0. The van der Waals surface area contributed by atoms with Crippen LogP contribution in [0.2, 0.25) is 0 Å². The van der Waals surface area contributed by atoms with E-state index in [9.17, 15) is 0 Å². The SMILES string of the molecule is C=C.C=C(C)N1CCc2ccc(C)c(CCC)c2C1.CC.CC.CC.CC(C)=CC1CCC([C@@H](C)P)CC1.CCCc1ccccc1. The third kappa shape index (κ3) is 21.5. The van der Waals surface area contributed by atoms with Gasteiger partial charge in [0.25, 0.3) is 0 Å². The maximum absolute atomic E-state index is 4.08. The summed E-state index contributed by atoms with van der Waals surface area (Å²) >= 11 is 0. The molecule has 1 fully saturated rings. The van der Waals surface area contributed by atoms with Crippen molar-refractivity contribution < 1.29 is 0 Å². The maximum atomic E-state index is 4.08. The van der Waals surface area contributed by atoms with E-state index in [1.54, 1.807) is 16.7 Å². The zero-order valence-corrected chi connectivity index (χ0v) is 34.9. The number of aryl methyl sites for hydroxylation is 2. The van der Waals surface area contributed by atoms with Gasteiger partial charge in [-0.1, -0.05) is 136 Å². The van der Waals surface area contributed by atoms with E-state index in [1.165, 1.54) is 80.2 Å². The quantitative estimate of drug-likeness (QED) is 0.210. The summed E-state index contributed by atoms with van der Waals surface area (Å²) in [6.45, 7) is 39.8. The molecular formula is C45H80NP. The van der Waals surface area contributed by atoms with Crippen molar-refractivity contribution in [2.45, 2.75) is 160 Å². The second kappa shape index (κ2) is 32.4. The summed E-state index contributed by atoms with van der Waals surface area (Å²) in [6.07, 6.45) is 14.2. The van der Waals surface area contributed by atoms with E-state index in [4.69, 9.17) is 0 Å². The minimum Gasteiger partial charge on any atom is -0.371 e. The third-order valence-corrected chi connectivity index (χ3v) is 8.86. The van der Waals surface area contributed by atoms with Crippen molar-refractivity contribution in [1.82, 2.24) is 4.90 Å². The molecule has 0 saturated heterocycles. The average Bonchev–Trinajstić information content (AvgIpc) is 3.10. The zero-order chi connectivity index (χ0) is 36.8. The van der Waals surface area contributed by atoms with Crippen molar-refractivity contribution in [3.8, 4) is 0 Å². The molecule has 0 N–H and O–H groups in total. The predicted molar refractivity (Wildman–Crippen MR) is 224 cm³/mol. The van der Waals surface area contributed by atoms with Gasteiger partial charge in [-0.3, -0.25) is 0 Å². The number of rotatable bonds is 7. The van der Waals surface area contributed by atoms with Gasteiger partial charge in [0.2, 0.25) is 0 Å². The van der Waals surface area contributed by atoms with Gasteiger partial charge >= 0.3 is 0 Å². The first-order valence-electron chi connectivity index (χ1n) is 19.1. The Kier molecular flexibility index (Phi) is 34.0. The van der Waals surface area contributed by atoms with E-state index in [1.807, 2.05) is 41.5 Å². The molecule has 2 atom stereocenters. The van der Waals surface area contributed by atoms with Gasteiger partial charge in [0, 0.05) is 18.8 Å². The van der Waals surface area contributed by atoms with Crippen molar-refractivity contribution in [3.63, 3.8) is 0 Å². The topological polar surface area (TPSA) is 3.24 Å². The Bertz CT molecular complexity index is 1020. The molecule has 47 heavy (non-hydrogen) atoms. The fourth-order valence-electron chi connectivity index (χ4n) is 5.98. The van der Waals surface area contributed by atoms with Crippen LogP contribution in [0.15, 0.2) is 79.5 Å². The summed E-state index contributed by atoms with van der Waals surface area (Å²) < 4.78 is 0. The molecule has 4 rings (SSSR count). The summed E-state index contributed by atoms with van der Waals surface area (Å²) in [6, 6.07) is 15.2. The van der Waals surface area contributed by atoms with Gasteiger partial charge < -0.3 is 4.90 Å². The first-order valence-corrected chi connectivity index (χ1v) is 19.8. The minimum absolute atomic E-state index is 0.813. The molecule has 2 aromatic carbocycles. The van der Waals surface area contributed by atoms with Crippen LogP contribution in [-0.4, -0.2) is 17.1 Å². The van der Waals surface area contributed by atoms with Crippen LogP contribution in [0.4, 0.5) is 0 Å². The molecule has 0 radical (unpaired) electrons. The van der Waals surface area contributed by atoms with E-state index in [2.05, 4.69) is 131 Å². The van der Waals surface area contributed by atoms with Crippen LogP contribution in [0.25, 0.3) is 0 Å². The van der Waals surface area contributed by atoms with Gasteiger partial charge in [0.05, 0.1) is 0 Å². The largest absolute Gasteiger partial charge is 0.371 e. The number of hydrogen-bond acceptors (Lipinski definition) is 1. The highest BCUT2D eigenvalue weighted by molar-refractivity contribution is 7.17. The predicted octanol–water partition coefficient (Wildman–Crippen LogP) is 14.4. The Morgan fingerprint density at radius 1 is 0.851 bits per heavy atom. The van der Waals surface area contributed by atoms with Crippen molar-refractivity contribution in [1.29, 1.82) is 0 Å². The first-order chi connectivity index (χ1) is 22.7. The monoisotopic (exact) mass is 666 g/mol. The molecule has 0 aromatic heterocycles. The fraction of sp³-hybridized carbons (Fsp3) is 0.600. The van der Waals surface area contributed by atoms with Crippen molar-refractivity contribution in [2.24, 2.45) is 11.8 Å². The molecule has 2 aliphatic rings. The Hall–Kier alpha value is -2.11. The third-order valence-electron chi connectivity index (χ3n) is 8.31. The lowest BCUT2D eigenvalue weighted by atomic mass is 9.80. The van der Waals surface area contributed by atoms with E-state index in [-0.39, 0.29) is 0 Å². The number of nitrogens with zero attached hydrogens (tertiary/aromatic N) is 1. The van der Waals surface area contributed by atoms with E-state index in [0.717, 1.165) is 30.6 Å². The van der Waals surface area contributed by atoms with Gasteiger partial charge in [-0.2, -0.15) is 0 Å². The molecule has 270 valence electrons. The normalized spacial score (nSPS) is 16.2. The summed E-state index contributed by atoms with van der Waals surface area (Å²) in [4.78, 5) is 2.40. The minimum atomic E-state index is 0.813. The highest BCUT2D eigenvalue weighted by atomic mass is 31.0. The smallest absolute Gasteiger partial charge is 0.0431 e. The molecule has 0 spiro atoms. The number of fused-ring (bicyclic) bond motifs is 1. The van der Waals surface area contributed by atoms with Crippen LogP contribution >= 0.6 is 9.24 Å². The molecular weight excluding hydrogens is 585 g/mol. The molecule has 2 heteroatoms. The van der Waals surface area contributed by atoms with Gasteiger partial charge in [-0.25, -0.2) is 0 Å². The van der Waals surface area contributed by atoms with Crippen molar-refractivity contribution in [2.75, 3.05) is 6.54 Å². The molecule has 1 heterocycles. The Balaban J connectivity index is -0.000000576. The van der Waals surface area contributed by atoms with Crippen LogP contribution < -0.4 is 0 Å². The average molecular weight is 666 g/mol. The Labute approximate surface area is 299 Å². The summed E-state index contributed by atoms with van der Waals surface area (Å²) in [5.41, 5.74) is 11.1. The summed E-state index contributed by atoms with van der Waals surface area (Å²) in [7, 11) is 2.96. The highest BCUT2D eigenvalue weighted by Crippen LogP contribution is 2.34. The second-order valence-electron chi connectivity index (χ2n) is 12.2. The maximum Gasteiger partial charge on any atom is 0.0431 e. The summed E-state index contributed by atoms with van der Waals surface area (Å²) in [5, 5.41) is 0. The molecule has 2 aromatic rings.